The van der Waals surface area contributed by atoms with Gasteiger partial charge in [0.15, 0.2) is 11.5 Å². The first-order valence-corrected chi connectivity index (χ1v) is 13.8. The normalized spacial score (nSPS) is 25.3. The Morgan fingerprint density at radius 2 is 2.16 bits per heavy atom. The summed E-state index contributed by atoms with van der Waals surface area (Å²) >= 11 is 3.28. The van der Waals surface area contributed by atoms with Crippen LogP contribution in [0.25, 0.3) is 10.9 Å². The predicted octanol–water partition coefficient (Wildman–Crippen LogP) is 3.43. The second-order valence-electron chi connectivity index (χ2n) is 10.4. The molecule has 0 bridgehead atoms. The van der Waals surface area contributed by atoms with Gasteiger partial charge in [-0.2, -0.15) is 15.1 Å². The summed E-state index contributed by atoms with van der Waals surface area (Å²) in [7, 11) is 1.57. The van der Waals surface area contributed by atoms with Crippen LogP contribution in [0.15, 0.2) is 16.6 Å². The zero-order valence-corrected chi connectivity index (χ0v) is 22.9. The van der Waals surface area contributed by atoms with Gasteiger partial charge < -0.3 is 15.4 Å². The standard InChI is InChI=1S/C26H30BrF2N7O2/c1-14-19(24(37)30-2)34-36-10-4-8-31-22(23(14)36)21-16-5-6-17(27)18(29)20(16)32-25(33-21)38-13-26-7-3-9-35(26)12-15(28)11-26/h5-6,15,22,31H,3-4,7-13H2,1-2H3,(H,30,37)/t15-,22?,26+/m1/s1. The summed E-state index contributed by atoms with van der Waals surface area (Å²) in [6.45, 7) is 4.67. The van der Waals surface area contributed by atoms with Gasteiger partial charge in [0.25, 0.3) is 5.91 Å². The number of halogens is 3. The van der Waals surface area contributed by atoms with Crippen LogP contribution in [0.3, 0.4) is 0 Å². The minimum atomic E-state index is -0.881. The molecule has 2 N–H and O–H groups in total. The van der Waals surface area contributed by atoms with E-state index in [0.29, 0.717) is 42.8 Å². The number of aryl methyl sites for hydroxylation is 1. The van der Waals surface area contributed by atoms with Crippen LogP contribution in [0, 0.1) is 12.7 Å². The van der Waals surface area contributed by atoms with Crippen LogP contribution in [-0.2, 0) is 6.54 Å². The molecule has 12 heteroatoms. The Morgan fingerprint density at radius 3 is 2.97 bits per heavy atom. The lowest BCUT2D eigenvalue weighted by Crippen LogP contribution is -2.43. The fourth-order valence-electron chi connectivity index (χ4n) is 6.30. The van der Waals surface area contributed by atoms with Crippen LogP contribution in [0.1, 0.15) is 59.2 Å². The fraction of sp³-hybridized carbons (Fsp3) is 0.538. The maximum absolute atomic E-state index is 15.4. The molecule has 5 heterocycles. The van der Waals surface area contributed by atoms with Gasteiger partial charge in [-0.05, 0) is 67.3 Å². The van der Waals surface area contributed by atoms with E-state index in [-0.39, 0.29) is 34.1 Å². The molecule has 2 saturated heterocycles. The zero-order valence-electron chi connectivity index (χ0n) is 21.4. The van der Waals surface area contributed by atoms with E-state index >= 15 is 4.39 Å². The third-order valence-corrected chi connectivity index (χ3v) is 8.73. The largest absolute Gasteiger partial charge is 0.461 e. The van der Waals surface area contributed by atoms with Crippen LogP contribution >= 0.6 is 15.9 Å². The minimum Gasteiger partial charge on any atom is -0.461 e. The molecule has 1 unspecified atom stereocenters. The highest BCUT2D eigenvalue weighted by Gasteiger charge is 2.49. The molecule has 3 aromatic rings. The number of alkyl halides is 1. The number of carbonyl (C=O) groups is 1. The Bertz CT molecular complexity index is 1420. The molecule has 0 aliphatic carbocycles. The van der Waals surface area contributed by atoms with Gasteiger partial charge in [0.05, 0.1) is 27.4 Å². The Balaban J connectivity index is 1.45. The lowest BCUT2D eigenvalue weighted by Gasteiger charge is -2.31. The number of ether oxygens (including phenoxy) is 1. The SMILES string of the molecule is CNC(=O)c1nn2c(c1C)C(c1nc(OC[C@@]34CCCN3C[C@H](F)C4)nc3c(F)c(Br)ccc13)NCCC2. The lowest BCUT2D eigenvalue weighted by molar-refractivity contribution is 0.0956. The number of benzene rings is 1. The van der Waals surface area contributed by atoms with Crippen molar-refractivity contribution in [3.63, 3.8) is 0 Å². The van der Waals surface area contributed by atoms with Crippen molar-refractivity contribution in [1.29, 1.82) is 0 Å². The van der Waals surface area contributed by atoms with E-state index in [1.165, 1.54) is 0 Å². The maximum Gasteiger partial charge on any atom is 0.317 e. The van der Waals surface area contributed by atoms with Crippen LogP contribution in [-0.4, -0.2) is 75.6 Å². The van der Waals surface area contributed by atoms with Crippen LogP contribution in [0.4, 0.5) is 8.78 Å². The first-order valence-electron chi connectivity index (χ1n) is 13.0. The molecule has 3 atom stereocenters. The van der Waals surface area contributed by atoms with E-state index < -0.39 is 18.0 Å². The molecule has 3 aliphatic rings. The summed E-state index contributed by atoms with van der Waals surface area (Å²) in [4.78, 5) is 24.0. The summed E-state index contributed by atoms with van der Waals surface area (Å²) in [5.74, 6) is -0.775. The number of hydrogen-bond acceptors (Lipinski definition) is 7. The topological polar surface area (TPSA) is 97.2 Å². The van der Waals surface area contributed by atoms with Crippen molar-refractivity contribution in [2.24, 2.45) is 0 Å². The monoisotopic (exact) mass is 589 g/mol. The number of fused-ring (bicyclic) bond motifs is 3. The minimum absolute atomic E-state index is 0.0503. The first-order chi connectivity index (χ1) is 18.3. The van der Waals surface area contributed by atoms with Gasteiger partial charge in [0, 0.05) is 37.5 Å². The Morgan fingerprint density at radius 1 is 1.32 bits per heavy atom. The quantitative estimate of drug-likeness (QED) is 0.470. The molecule has 0 radical (unpaired) electrons. The van der Waals surface area contributed by atoms with Crippen molar-refractivity contribution in [2.75, 3.05) is 33.3 Å². The van der Waals surface area contributed by atoms with Gasteiger partial charge in [0.1, 0.15) is 18.3 Å². The van der Waals surface area contributed by atoms with Gasteiger partial charge in [-0.25, -0.2) is 8.78 Å². The number of aromatic nitrogens is 4. The van der Waals surface area contributed by atoms with E-state index in [2.05, 4.69) is 41.5 Å². The Hall–Kier alpha value is -2.70. The molecule has 1 amide bonds. The molecule has 1 aromatic carbocycles. The summed E-state index contributed by atoms with van der Waals surface area (Å²) in [5, 5.41) is 11.3. The first kappa shape index (κ1) is 25.6. The summed E-state index contributed by atoms with van der Waals surface area (Å²) in [6, 6.07) is 3.00. The number of carbonyl (C=O) groups excluding carboxylic acids is 1. The number of nitrogens with zero attached hydrogens (tertiary/aromatic N) is 5. The molecule has 2 aromatic heterocycles. The Kier molecular flexibility index (Phi) is 6.59. The molecule has 2 fully saturated rings. The molecule has 38 heavy (non-hydrogen) atoms. The fourth-order valence-corrected chi connectivity index (χ4v) is 6.62. The van der Waals surface area contributed by atoms with Gasteiger partial charge in [-0.15, -0.1) is 0 Å². The number of amides is 1. The number of nitrogens with one attached hydrogen (secondary N) is 2. The van der Waals surface area contributed by atoms with Gasteiger partial charge in [-0.1, -0.05) is 0 Å². The van der Waals surface area contributed by atoms with Crippen LogP contribution in [0.5, 0.6) is 6.01 Å². The summed E-state index contributed by atoms with van der Waals surface area (Å²) in [5.41, 5.74) is 2.18. The molecule has 6 rings (SSSR count). The van der Waals surface area contributed by atoms with Crippen molar-refractivity contribution >= 4 is 32.7 Å². The second kappa shape index (κ2) is 9.80. The smallest absolute Gasteiger partial charge is 0.317 e. The van der Waals surface area contributed by atoms with E-state index in [1.807, 2.05) is 11.6 Å². The second-order valence-corrected chi connectivity index (χ2v) is 11.3. The average molecular weight is 590 g/mol. The highest BCUT2D eigenvalue weighted by atomic mass is 79.9. The predicted molar refractivity (Wildman–Crippen MR) is 141 cm³/mol. The van der Waals surface area contributed by atoms with E-state index in [9.17, 15) is 9.18 Å². The van der Waals surface area contributed by atoms with Crippen molar-refractivity contribution in [3.8, 4) is 6.01 Å². The van der Waals surface area contributed by atoms with Crippen LogP contribution < -0.4 is 15.4 Å². The molecular weight excluding hydrogens is 560 g/mol. The average Bonchev–Trinajstić information content (AvgIpc) is 3.48. The van der Waals surface area contributed by atoms with Gasteiger partial charge >= 0.3 is 6.01 Å². The van der Waals surface area contributed by atoms with E-state index in [0.717, 1.165) is 37.1 Å². The van der Waals surface area contributed by atoms with Gasteiger partial charge in [-0.3, -0.25) is 14.4 Å². The third-order valence-electron chi connectivity index (χ3n) is 8.12. The molecule has 0 spiro atoms. The van der Waals surface area contributed by atoms with E-state index in [1.54, 1.807) is 19.2 Å². The van der Waals surface area contributed by atoms with Crippen molar-refractivity contribution in [1.82, 2.24) is 35.3 Å². The van der Waals surface area contributed by atoms with Gasteiger partial charge in [0.2, 0.25) is 0 Å². The van der Waals surface area contributed by atoms with E-state index in [4.69, 9.17) is 9.72 Å². The number of rotatable bonds is 5. The molecule has 0 saturated carbocycles. The number of hydrogen-bond donors (Lipinski definition) is 2. The highest BCUT2D eigenvalue weighted by molar-refractivity contribution is 9.10. The molecule has 202 valence electrons. The lowest BCUT2D eigenvalue weighted by atomic mass is 9.95. The molecular formula is C26H30BrF2N7O2. The summed E-state index contributed by atoms with van der Waals surface area (Å²) in [6.07, 6.45) is 2.17. The summed E-state index contributed by atoms with van der Waals surface area (Å²) < 4.78 is 38.0. The third kappa shape index (κ3) is 4.17. The van der Waals surface area contributed by atoms with Crippen LogP contribution in [0.2, 0.25) is 0 Å². The van der Waals surface area contributed by atoms with Crippen molar-refractivity contribution < 1.29 is 18.3 Å². The zero-order chi connectivity index (χ0) is 26.6. The Labute approximate surface area is 227 Å². The highest BCUT2D eigenvalue weighted by Crippen LogP contribution is 2.41. The molecule has 3 aliphatic heterocycles. The van der Waals surface area contributed by atoms with Crippen molar-refractivity contribution in [3.05, 3.63) is 45.1 Å². The van der Waals surface area contributed by atoms with Crippen molar-refractivity contribution in [2.45, 2.75) is 56.9 Å². The maximum atomic E-state index is 15.4. The molecule has 9 nitrogen and oxygen atoms in total.